The average molecular weight is 417 g/mol. The van der Waals surface area contributed by atoms with Crippen LogP contribution in [0.15, 0.2) is 29.2 Å². The minimum absolute atomic E-state index is 0.0575. The molecule has 4 saturated carbocycles. The summed E-state index contributed by atoms with van der Waals surface area (Å²) in [6, 6.07) is 7.79. The van der Waals surface area contributed by atoms with Gasteiger partial charge in [-0.15, -0.1) is 11.8 Å². The number of rotatable bonds is 8. The molecule has 1 unspecified atom stereocenters. The second-order valence-corrected chi connectivity index (χ2v) is 10.6. The van der Waals surface area contributed by atoms with Crippen LogP contribution in [0.4, 0.5) is 5.69 Å². The standard InChI is InChI=1S/C23H33N3O2S/c1-26(14-22(28)25-19-5-3-4-6-20(19)29-2)13-21(27)24-15-23-10-16-7-17(11-23)9-18(8-16)12-23/h3-6,16-18H,7-15H2,1-2H3,(H,24,27)(H,25,28)/p+1. The number of carbonyl (C=O) groups excluding carboxylic acids is 2. The van der Waals surface area contributed by atoms with Gasteiger partial charge in [0, 0.05) is 11.4 Å². The number of nitrogens with one attached hydrogen (secondary N) is 3. The molecule has 0 saturated heterocycles. The van der Waals surface area contributed by atoms with Crippen molar-refractivity contribution in [2.75, 3.05) is 38.3 Å². The molecule has 0 aromatic heterocycles. The molecule has 2 amide bonds. The first-order chi connectivity index (χ1) is 13.9. The fourth-order valence-electron chi connectivity index (χ4n) is 6.41. The zero-order valence-corrected chi connectivity index (χ0v) is 18.4. The molecule has 0 radical (unpaired) electrons. The molecule has 1 atom stereocenters. The van der Waals surface area contributed by atoms with Crippen LogP contribution in [0.3, 0.4) is 0 Å². The number of likely N-dealkylation sites (N-methyl/N-ethyl adjacent to an activating group) is 1. The monoisotopic (exact) mass is 416 g/mol. The second-order valence-electron chi connectivity index (χ2n) is 9.75. The smallest absolute Gasteiger partial charge is 0.279 e. The quantitative estimate of drug-likeness (QED) is 0.570. The maximum Gasteiger partial charge on any atom is 0.279 e. The molecule has 0 spiro atoms. The zero-order valence-electron chi connectivity index (χ0n) is 17.6. The van der Waals surface area contributed by atoms with Gasteiger partial charge < -0.3 is 15.5 Å². The molecule has 4 aliphatic rings. The number of para-hydroxylation sites is 1. The Balaban J connectivity index is 1.22. The normalized spacial score (nSPS) is 30.8. The van der Waals surface area contributed by atoms with E-state index >= 15 is 0 Å². The molecule has 1 aromatic carbocycles. The van der Waals surface area contributed by atoms with E-state index in [-0.39, 0.29) is 18.4 Å². The summed E-state index contributed by atoms with van der Waals surface area (Å²) < 4.78 is 0. The number of thioether (sulfide) groups is 1. The number of anilines is 1. The molecule has 0 aliphatic heterocycles. The summed E-state index contributed by atoms with van der Waals surface area (Å²) in [5.41, 5.74) is 1.20. The molecule has 6 heteroatoms. The third-order valence-electron chi connectivity index (χ3n) is 7.13. The number of carbonyl (C=O) groups is 2. The van der Waals surface area contributed by atoms with E-state index < -0.39 is 0 Å². The van der Waals surface area contributed by atoms with Gasteiger partial charge in [0.2, 0.25) is 0 Å². The third-order valence-corrected chi connectivity index (χ3v) is 7.93. The number of benzene rings is 1. The topological polar surface area (TPSA) is 62.6 Å². The third kappa shape index (κ3) is 4.97. The van der Waals surface area contributed by atoms with E-state index in [0.29, 0.717) is 12.0 Å². The highest BCUT2D eigenvalue weighted by molar-refractivity contribution is 7.98. The Bertz CT molecular complexity index is 731. The lowest BCUT2D eigenvalue weighted by molar-refractivity contribution is -0.862. The highest BCUT2D eigenvalue weighted by Crippen LogP contribution is 2.59. The van der Waals surface area contributed by atoms with Crippen LogP contribution in [-0.4, -0.2) is 44.8 Å². The van der Waals surface area contributed by atoms with Gasteiger partial charge in [0.15, 0.2) is 13.1 Å². The summed E-state index contributed by atoms with van der Waals surface area (Å²) in [5, 5.41) is 6.19. The molecule has 29 heavy (non-hydrogen) atoms. The number of hydrogen-bond donors (Lipinski definition) is 3. The largest absolute Gasteiger partial charge is 0.351 e. The Morgan fingerprint density at radius 1 is 1.03 bits per heavy atom. The van der Waals surface area contributed by atoms with E-state index in [0.717, 1.165) is 39.8 Å². The van der Waals surface area contributed by atoms with Crippen molar-refractivity contribution in [2.45, 2.75) is 43.4 Å². The first-order valence-corrected chi connectivity index (χ1v) is 12.2. The second kappa shape index (κ2) is 8.68. The van der Waals surface area contributed by atoms with Crippen LogP contribution in [0.1, 0.15) is 38.5 Å². The van der Waals surface area contributed by atoms with Crippen molar-refractivity contribution in [3.8, 4) is 0 Å². The van der Waals surface area contributed by atoms with Gasteiger partial charge in [0.05, 0.1) is 12.7 Å². The number of hydrogen-bond acceptors (Lipinski definition) is 3. The van der Waals surface area contributed by atoms with Gasteiger partial charge in [-0.3, -0.25) is 9.59 Å². The van der Waals surface area contributed by atoms with Crippen molar-refractivity contribution in [3.05, 3.63) is 24.3 Å². The molecular weight excluding hydrogens is 382 g/mol. The summed E-state index contributed by atoms with van der Waals surface area (Å²) in [7, 11) is 1.91. The van der Waals surface area contributed by atoms with Gasteiger partial charge in [0.1, 0.15) is 0 Å². The fraction of sp³-hybridized carbons (Fsp3) is 0.652. The van der Waals surface area contributed by atoms with Crippen LogP contribution >= 0.6 is 11.8 Å². The van der Waals surface area contributed by atoms with Crippen LogP contribution in [0.2, 0.25) is 0 Å². The molecule has 3 N–H and O–H groups in total. The van der Waals surface area contributed by atoms with Crippen molar-refractivity contribution in [2.24, 2.45) is 23.2 Å². The molecule has 158 valence electrons. The molecule has 5 nitrogen and oxygen atoms in total. The minimum Gasteiger partial charge on any atom is -0.351 e. The van der Waals surface area contributed by atoms with Crippen molar-refractivity contribution in [1.29, 1.82) is 0 Å². The lowest BCUT2D eigenvalue weighted by atomic mass is 9.49. The molecule has 4 bridgehead atoms. The molecule has 5 rings (SSSR count). The van der Waals surface area contributed by atoms with E-state index in [1.807, 2.05) is 37.6 Å². The maximum absolute atomic E-state index is 12.5. The van der Waals surface area contributed by atoms with E-state index in [1.165, 1.54) is 38.5 Å². The van der Waals surface area contributed by atoms with Gasteiger partial charge in [-0.2, -0.15) is 0 Å². The van der Waals surface area contributed by atoms with E-state index in [9.17, 15) is 9.59 Å². The molecule has 0 heterocycles. The lowest BCUT2D eigenvalue weighted by Gasteiger charge is -2.56. The van der Waals surface area contributed by atoms with Gasteiger partial charge in [-0.05, 0) is 80.1 Å². The predicted molar refractivity (Wildman–Crippen MR) is 117 cm³/mol. The minimum atomic E-state index is -0.0575. The Morgan fingerprint density at radius 2 is 1.62 bits per heavy atom. The fourth-order valence-corrected chi connectivity index (χ4v) is 6.96. The summed E-state index contributed by atoms with van der Waals surface area (Å²) in [5.74, 6) is 2.71. The number of quaternary nitrogens is 1. The SMILES string of the molecule is CSc1ccccc1NC(=O)C[NH+](C)CC(=O)NCC12CC3CC(CC(C3)C1)C2. The first kappa shape index (κ1) is 20.7. The predicted octanol–water partition coefficient (Wildman–Crippen LogP) is 2.19. The van der Waals surface area contributed by atoms with Gasteiger partial charge in [-0.25, -0.2) is 0 Å². The van der Waals surface area contributed by atoms with Crippen molar-refractivity contribution >= 4 is 29.3 Å². The lowest BCUT2D eigenvalue weighted by Crippen LogP contribution is -3.11. The molecule has 4 fully saturated rings. The summed E-state index contributed by atoms with van der Waals surface area (Å²) in [6.45, 7) is 1.45. The van der Waals surface area contributed by atoms with Gasteiger partial charge in [-0.1, -0.05) is 12.1 Å². The molecular formula is C23H34N3O2S+. The maximum atomic E-state index is 12.5. The van der Waals surface area contributed by atoms with E-state index in [1.54, 1.807) is 11.8 Å². The van der Waals surface area contributed by atoms with Crippen LogP contribution in [0.5, 0.6) is 0 Å². The number of amides is 2. The summed E-state index contributed by atoms with van der Waals surface area (Å²) >= 11 is 1.61. The average Bonchev–Trinajstić information content (AvgIpc) is 2.65. The molecule has 1 aromatic rings. The van der Waals surface area contributed by atoms with Crippen LogP contribution < -0.4 is 15.5 Å². The van der Waals surface area contributed by atoms with Gasteiger partial charge >= 0.3 is 0 Å². The summed E-state index contributed by atoms with van der Waals surface area (Å²) in [6.07, 6.45) is 10.2. The van der Waals surface area contributed by atoms with Crippen molar-refractivity contribution < 1.29 is 14.5 Å². The highest BCUT2D eigenvalue weighted by atomic mass is 32.2. The highest BCUT2D eigenvalue weighted by Gasteiger charge is 2.50. The first-order valence-electron chi connectivity index (χ1n) is 11.0. The van der Waals surface area contributed by atoms with E-state index in [2.05, 4.69) is 10.6 Å². The van der Waals surface area contributed by atoms with Crippen molar-refractivity contribution in [1.82, 2.24) is 5.32 Å². The Labute approximate surface area is 178 Å². The zero-order chi connectivity index (χ0) is 20.4. The summed E-state index contributed by atoms with van der Waals surface area (Å²) in [4.78, 5) is 26.9. The van der Waals surface area contributed by atoms with Crippen LogP contribution in [-0.2, 0) is 9.59 Å². The van der Waals surface area contributed by atoms with Crippen molar-refractivity contribution in [3.63, 3.8) is 0 Å². The van der Waals surface area contributed by atoms with Crippen LogP contribution in [0.25, 0.3) is 0 Å². The Kier molecular flexibility index (Phi) is 6.21. The van der Waals surface area contributed by atoms with Gasteiger partial charge in [0.25, 0.3) is 11.8 Å². The Hall–Kier alpha value is -1.53. The Morgan fingerprint density at radius 3 is 2.24 bits per heavy atom. The molecule has 4 aliphatic carbocycles. The van der Waals surface area contributed by atoms with Crippen LogP contribution in [0, 0.1) is 23.2 Å². The van der Waals surface area contributed by atoms with E-state index in [4.69, 9.17) is 0 Å².